The molecule has 0 amide bonds. The van der Waals surface area contributed by atoms with Gasteiger partial charge in [0, 0.05) is 54.9 Å². The number of hydrogen-bond acceptors (Lipinski definition) is 5. The van der Waals surface area contributed by atoms with E-state index in [0.717, 1.165) is 42.7 Å². The minimum absolute atomic E-state index is 0.504. The Labute approximate surface area is 149 Å². The third kappa shape index (κ3) is 2.62. The molecule has 0 saturated carbocycles. The van der Waals surface area contributed by atoms with Crippen molar-refractivity contribution in [3.05, 3.63) is 41.8 Å². The van der Waals surface area contributed by atoms with Gasteiger partial charge in [0.2, 0.25) is 0 Å². The fraction of sp³-hybridized carbons (Fsp3) is 0.316. The van der Waals surface area contributed by atoms with Crippen LogP contribution in [0.15, 0.2) is 36.8 Å². The highest BCUT2D eigenvalue weighted by Crippen LogP contribution is 2.36. The van der Waals surface area contributed by atoms with Crippen molar-refractivity contribution >= 4 is 32.5 Å². The van der Waals surface area contributed by atoms with Gasteiger partial charge in [-0.05, 0) is 24.5 Å². The Morgan fingerprint density at radius 2 is 2.04 bits per heavy atom. The van der Waals surface area contributed by atoms with Crippen LogP contribution in [0.3, 0.4) is 0 Å². The van der Waals surface area contributed by atoms with Crippen molar-refractivity contribution in [2.24, 2.45) is 7.05 Å². The number of fused-ring (bicyclic) bond motifs is 3. The fourth-order valence-corrected chi connectivity index (χ4v) is 4.68. The van der Waals surface area contributed by atoms with Gasteiger partial charge in [0.05, 0.1) is 15.9 Å². The molecule has 1 saturated heterocycles. The Balaban J connectivity index is 1.66. The molecular formula is C19H18N4OS. The van der Waals surface area contributed by atoms with Gasteiger partial charge < -0.3 is 4.74 Å². The highest BCUT2D eigenvalue weighted by atomic mass is 32.1. The van der Waals surface area contributed by atoms with E-state index in [1.165, 1.54) is 20.7 Å². The molecule has 0 N–H and O–H groups in total. The van der Waals surface area contributed by atoms with E-state index in [1.807, 2.05) is 30.3 Å². The predicted molar refractivity (Wildman–Crippen MR) is 99.9 cm³/mol. The summed E-state index contributed by atoms with van der Waals surface area (Å²) < 4.78 is 8.50. The monoisotopic (exact) mass is 350 g/mol. The number of ether oxygens (including phenoxy) is 1. The molecule has 126 valence electrons. The molecule has 5 nitrogen and oxygen atoms in total. The van der Waals surface area contributed by atoms with E-state index in [1.54, 1.807) is 11.3 Å². The molecule has 3 aromatic heterocycles. The van der Waals surface area contributed by atoms with Gasteiger partial charge in [0.15, 0.2) is 5.65 Å². The second-order valence-corrected chi connectivity index (χ2v) is 7.59. The number of thiazole rings is 1. The van der Waals surface area contributed by atoms with Gasteiger partial charge in [-0.1, -0.05) is 12.1 Å². The maximum Gasteiger partial charge on any atom is 0.171 e. The highest BCUT2D eigenvalue weighted by molar-refractivity contribution is 7.19. The van der Waals surface area contributed by atoms with Gasteiger partial charge >= 0.3 is 0 Å². The lowest BCUT2D eigenvalue weighted by molar-refractivity contribution is 0.0853. The molecule has 0 aliphatic carbocycles. The van der Waals surface area contributed by atoms with Gasteiger partial charge in [0.25, 0.3) is 0 Å². The summed E-state index contributed by atoms with van der Waals surface area (Å²) in [6.07, 6.45) is 7.98. The lowest BCUT2D eigenvalue weighted by Gasteiger charge is -2.19. The third-order valence-electron chi connectivity index (χ3n) is 4.86. The van der Waals surface area contributed by atoms with Crippen LogP contribution in [-0.4, -0.2) is 33.0 Å². The molecule has 0 bridgehead atoms. The number of rotatable bonds is 2. The van der Waals surface area contributed by atoms with Crippen LogP contribution in [0.2, 0.25) is 0 Å². The first-order valence-corrected chi connectivity index (χ1v) is 9.35. The first kappa shape index (κ1) is 15.0. The van der Waals surface area contributed by atoms with Crippen molar-refractivity contribution < 1.29 is 4.74 Å². The van der Waals surface area contributed by atoms with Crippen molar-refractivity contribution in [3.8, 4) is 11.1 Å². The van der Waals surface area contributed by atoms with Crippen LogP contribution in [0.25, 0.3) is 32.2 Å². The molecule has 25 heavy (non-hydrogen) atoms. The van der Waals surface area contributed by atoms with Crippen LogP contribution in [0.1, 0.15) is 23.8 Å². The summed E-state index contributed by atoms with van der Waals surface area (Å²) in [6.45, 7) is 1.67. The Morgan fingerprint density at radius 1 is 1.16 bits per heavy atom. The standard InChI is InChI=1S/C19H18N4OS/c1-23-11-15(10-21-23)13-2-3-14-9-20-18-17(16(14)8-13)25-19(22-18)12-4-6-24-7-5-12/h2-3,8-12H,4-7H2,1H3. The van der Waals surface area contributed by atoms with Crippen LogP contribution >= 0.6 is 11.3 Å². The van der Waals surface area contributed by atoms with Crippen LogP contribution < -0.4 is 0 Å². The normalized spacial score (nSPS) is 16.0. The highest BCUT2D eigenvalue weighted by Gasteiger charge is 2.21. The zero-order valence-electron chi connectivity index (χ0n) is 14.0. The SMILES string of the molecule is Cn1cc(-c2ccc3cnc4nc(C5CCOCC5)sc4c3c2)cn1. The predicted octanol–water partition coefficient (Wildman–Crippen LogP) is 4.14. The van der Waals surface area contributed by atoms with Gasteiger partial charge in [0.1, 0.15) is 0 Å². The molecule has 4 heterocycles. The number of benzene rings is 1. The summed E-state index contributed by atoms with van der Waals surface area (Å²) in [5.41, 5.74) is 3.17. The second-order valence-electron chi connectivity index (χ2n) is 6.55. The fourth-order valence-electron chi connectivity index (χ4n) is 3.46. The smallest absolute Gasteiger partial charge is 0.171 e. The third-order valence-corrected chi connectivity index (χ3v) is 6.10. The molecule has 1 aliphatic rings. The lowest BCUT2D eigenvalue weighted by Crippen LogP contribution is -2.13. The summed E-state index contributed by atoms with van der Waals surface area (Å²) in [5, 5.41) is 7.86. The van der Waals surface area contributed by atoms with E-state index in [4.69, 9.17) is 9.72 Å². The quantitative estimate of drug-likeness (QED) is 0.545. The molecule has 1 aromatic carbocycles. The molecule has 1 aliphatic heterocycles. The zero-order chi connectivity index (χ0) is 16.8. The summed E-state index contributed by atoms with van der Waals surface area (Å²) >= 11 is 1.79. The number of hydrogen-bond donors (Lipinski definition) is 0. The summed E-state index contributed by atoms with van der Waals surface area (Å²) in [7, 11) is 1.94. The van der Waals surface area contributed by atoms with Crippen LogP contribution in [0.5, 0.6) is 0 Å². The van der Waals surface area contributed by atoms with Gasteiger partial charge in [-0.2, -0.15) is 5.10 Å². The molecule has 0 radical (unpaired) electrons. The molecule has 1 fully saturated rings. The van der Waals surface area contributed by atoms with Crippen LogP contribution in [0, 0.1) is 0 Å². The van der Waals surface area contributed by atoms with E-state index in [-0.39, 0.29) is 0 Å². The van der Waals surface area contributed by atoms with E-state index in [0.29, 0.717) is 5.92 Å². The van der Waals surface area contributed by atoms with E-state index >= 15 is 0 Å². The van der Waals surface area contributed by atoms with E-state index in [2.05, 4.69) is 28.3 Å². The maximum absolute atomic E-state index is 5.49. The van der Waals surface area contributed by atoms with Gasteiger partial charge in [-0.25, -0.2) is 9.97 Å². The van der Waals surface area contributed by atoms with Crippen molar-refractivity contribution in [2.75, 3.05) is 13.2 Å². The molecule has 0 atom stereocenters. The molecule has 0 spiro atoms. The van der Waals surface area contributed by atoms with Crippen molar-refractivity contribution in [1.82, 2.24) is 19.7 Å². The molecule has 6 heteroatoms. The Hall–Kier alpha value is -2.31. The number of aryl methyl sites for hydroxylation is 1. The molecular weight excluding hydrogens is 332 g/mol. The number of nitrogens with zero attached hydrogens (tertiary/aromatic N) is 4. The minimum atomic E-state index is 0.504. The molecule has 5 rings (SSSR count). The van der Waals surface area contributed by atoms with Crippen LogP contribution in [-0.2, 0) is 11.8 Å². The Bertz CT molecular complexity index is 1060. The first-order valence-electron chi connectivity index (χ1n) is 8.54. The average Bonchev–Trinajstić information content (AvgIpc) is 3.28. The van der Waals surface area contributed by atoms with E-state index in [9.17, 15) is 0 Å². The maximum atomic E-state index is 5.49. The molecule has 4 aromatic rings. The van der Waals surface area contributed by atoms with Gasteiger partial charge in [-0.15, -0.1) is 11.3 Å². The summed E-state index contributed by atoms with van der Waals surface area (Å²) in [5.74, 6) is 0.504. The van der Waals surface area contributed by atoms with Crippen molar-refractivity contribution in [3.63, 3.8) is 0 Å². The van der Waals surface area contributed by atoms with Crippen molar-refractivity contribution in [1.29, 1.82) is 0 Å². The topological polar surface area (TPSA) is 52.8 Å². The lowest BCUT2D eigenvalue weighted by atomic mass is 10.0. The van der Waals surface area contributed by atoms with Crippen molar-refractivity contribution in [2.45, 2.75) is 18.8 Å². The van der Waals surface area contributed by atoms with E-state index < -0.39 is 0 Å². The summed E-state index contributed by atoms with van der Waals surface area (Å²) in [6, 6.07) is 6.51. The Kier molecular flexibility index (Phi) is 3.53. The minimum Gasteiger partial charge on any atom is -0.381 e. The summed E-state index contributed by atoms with van der Waals surface area (Å²) in [4.78, 5) is 9.41. The van der Waals surface area contributed by atoms with Gasteiger partial charge in [-0.3, -0.25) is 4.68 Å². The van der Waals surface area contributed by atoms with Crippen LogP contribution in [0.4, 0.5) is 0 Å². The number of aromatic nitrogens is 4. The Morgan fingerprint density at radius 3 is 2.84 bits per heavy atom. The average molecular weight is 350 g/mol. The second kappa shape index (κ2) is 5.89. The zero-order valence-corrected chi connectivity index (χ0v) is 14.8. The number of pyridine rings is 1. The first-order chi connectivity index (χ1) is 12.3. The molecule has 0 unspecified atom stereocenters. The largest absolute Gasteiger partial charge is 0.381 e.